The third-order valence-electron chi connectivity index (χ3n) is 9.51. The van der Waals surface area contributed by atoms with Crippen molar-refractivity contribution in [2.24, 2.45) is 0 Å². The maximum absolute atomic E-state index is 4.81. The molecule has 1 aliphatic carbocycles. The van der Waals surface area contributed by atoms with Crippen LogP contribution in [-0.4, -0.2) is 10.2 Å². The van der Waals surface area contributed by atoms with Crippen molar-refractivity contribution in [3.63, 3.8) is 0 Å². The Morgan fingerprint density at radius 3 is 2.02 bits per heavy atom. The van der Waals surface area contributed by atoms with Gasteiger partial charge >= 0.3 is 0 Å². The van der Waals surface area contributed by atoms with Gasteiger partial charge in [0.1, 0.15) is 5.69 Å². The summed E-state index contributed by atoms with van der Waals surface area (Å²) in [4.78, 5) is 0. The fraction of sp³-hybridized carbons (Fsp3) is 0.116. The molecule has 0 aliphatic heterocycles. The van der Waals surface area contributed by atoms with Gasteiger partial charge in [0.25, 0.3) is 0 Å². The lowest BCUT2D eigenvalue weighted by Gasteiger charge is -2.34. The highest BCUT2D eigenvalue weighted by Gasteiger charge is 2.46. The summed E-state index contributed by atoms with van der Waals surface area (Å²) in [5, 5.41) is 11.9. The average molecular weight is 579 g/mol. The molecule has 0 saturated heterocycles. The molecule has 1 unspecified atom stereocenters. The summed E-state index contributed by atoms with van der Waals surface area (Å²) in [5.41, 5.74) is 14.4. The van der Waals surface area contributed by atoms with E-state index in [1.807, 2.05) is 0 Å². The normalized spacial score (nSPS) is 15.2. The molecule has 0 N–H and O–H groups in total. The summed E-state index contributed by atoms with van der Waals surface area (Å²) in [7, 11) is 0. The van der Waals surface area contributed by atoms with E-state index in [0.717, 1.165) is 35.2 Å². The maximum atomic E-state index is 4.81. The van der Waals surface area contributed by atoms with E-state index in [2.05, 4.69) is 159 Å². The summed E-state index contributed by atoms with van der Waals surface area (Å²) < 4.78 is 0. The molecule has 0 fully saturated rings. The van der Waals surface area contributed by atoms with Gasteiger partial charge in [0.05, 0.1) is 11.1 Å². The van der Waals surface area contributed by atoms with Crippen LogP contribution in [0.15, 0.2) is 146 Å². The van der Waals surface area contributed by atoms with Gasteiger partial charge in [-0.25, -0.2) is 0 Å². The van der Waals surface area contributed by atoms with Crippen LogP contribution in [0.3, 0.4) is 0 Å². The van der Waals surface area contributed by atoms with Gasteiger partial charge in [0, 0.05) is 16.3 Å². The minimum absolute atomic E-state index is 0.391. The van der Waals surface area contributed by atoms with Crippen LogP contribution in [0, 0.1) is 13.8 Å². The lowest BCUT2D eigenvalue weighted by molar-refractivity contribution is 0.764. The highest BCUT2D eigenvalue weighted by Crippen LogP contribution is 2.56. The second-order valence-electron chi connectivity index (χ2n) is 12.3. The van der Waals surface area contributed by atoms with E-state index in [1.165, 1.54) is 55.5 Å². The van der Waals surface area contributed by atoms with Gasteiger partial charge in [-0.3, -0.25) is 0 Å². The molecular weight excluding hydrogens is 544 g/mol. The first-order valence-electron chi connectivity index (χ1n) is 15.8. The van der Waals surface area contributed by atoms with Gasteiger partial charge in [-0.2, -0.15) is 5.10 Å². The van der Waals surface area contributed by atoms with E-state index in [1.54, 1.807) is 0 Å². The van der Waals surface area contributed by atoms with Gasteiger partial charge in [-0.05, 0) is 65.6 Å². The molecule has 6 aromatic carbocycles. The molecule has 1 heterocycles. The summed E-state index contributed by atoms with van der Waals surface area (Å²) in [6.45, 7) is 4.30. The van der Waals surface area contributed by atoms with Crippen molar-refractivity contribution in [1.29, 1.82) is 0 Å². The standard InChI is InChI=1S/C43H34N2/c1-29-19-23-32(24-20-29)42-38-17-7-6-16-37(38)41(44-45-42)26-22-31-21-25-36-35-15-8-9-18-39(35)43(40(36)28-31,33-12-4-3-5-13-33)34-14-10-11-30(2)27-34/h3-21,23-25,27-28H,22,26H2,1-2H3. The van der Waals surface area contributed by atoms with E-state index in [4.69, 9.17) is 10.2 Å². The molecule has 0 bridgehead atoms. The van der Waals surface area contributed by atoms with Gasteiger partial charge in [0.2, 0.25) is 0 Å². The zero-order valence-electron chi connectivity index (χ0n) is 25.7. The third kappa shape index (κ3) is 4.48. The topological polar surface area (TPSA) is 25.8 Å². The van der Waals surface area contributed by atoms with Crippen LogP contribution < -0.4 is 0 Å². The third-order valence-corrected chi connectivity index (χ3v) is 9.51. The molecular formula is C43H34N2. The van der Waals surface area contributed by atoms with E-state index >= 15 is 0 Å². The minimum atomic E-state index is -0.391. The Kier molecular flexibility index (Phi) is 6.64. The maximum Gasteiger partial charge on any atom is 0.101 e. The Labute approximate surface area is 265 Å². The van der Waals surface area contributed by atoms with Crippen molar-refractivity contribution in [3.8, 4) is 22.4 Å². The van der Waals surface area contributed by atoms with Gasteiger partial charge in [0.15, 0.2) is 0 Å². The number of aromatic nitrogens is 2. The number of nitrogens with zero attached hydrogens (tertiary/aromatic N) is 2. The number of hydrogen-bond acceptors (Lipinski definition) is 2. The molecule has 45 heavy (non-hydrogen) atoms. The molecule has 2 heteroatoms. The van der Waals surface area contributed by atoms with E-state index in [9.17, 15) is 0 Å². The largest absolute Gasteiger partial charge is 0.154 e. The predicted octanol–water partition coefficient (Wildman–Crippen LogP) is 10.1. The number of fused-ring (bicyclic) bond motifs is 4. The van der Waals surface area contributed by atoms with Gasteiger partial charge < -0.3 is 0 Å². The van der Waals surface area contributed by atoms with Crippen molar-refractivity contribution in [2.45, 2.75) is 32.1 Å². The molecule has 0 amide bonds. The summed E-state index contributed by atoms with van der Waals surface area (Å²) in [5.74, 6) is 0. The fourth-order valence-corrected chi connectivity index (χ4v) is 7.37. The zero-order valence-corrected chi connectivity index (χ0v) is 25.7. The second-order valence-corrected chi connectivity index (χ2v) is 12.3. The van der Waals surface area contributed by atoms with Crippen LogP contribution in [0.2, 0.25) is 0 Å². The van der Waals surface area contributed by atoms with Crippen LogP contribution in [-0.2, 0) is 18.3 Å². The molecule has 216 valence electrons. The number of benzene rings is 6. The minimum Gasteiger partial charge on any atom is -0.154 e. The van der Waals surface area contributed by atoms with E-state index < -0.39 is 5.41 Å². The molecule has 1 aliphatic rings. The first-order chi connectivity index (χ1) is 22.1. The van der Waals surface area contributed by atoms with Crippen LogP contribution in [0.25, 0.3) is 33.2 Å². The van der Waals surface area contributed by atoms with E-state index in [0.29, 0.717) is 0 Å². The molecule has 8 rings (SSSR count). The molecule has 0 spiro atoms. The summed E-state index contributed by atoms with van der Waals surface area (Å²) in [6, 6.07) is 53.3. The number of hydrogen-bond donors (Lipinski definition) is 0. The first-order valence-corrected chi connectivity index (χ1v) is 15.8. The Morgan fingerprint density at radius 2 is 1.20 bits per heavy atom. The molecule has 0 saturated carbocycles. The van der Waals surface area contributed by atoms with Crippen LogP contribution in [0.1, 0.15) is 44.6 Å². The quantitative estimate of drug-likeness (QED) is 0.196. The Hall–Kier alpha value is -5.34. The predicted molar refractivity (Wildman–Crippen MR) is 186 cm³/mol. The molecule has 1 atom stereocenters. The Bertz CT molecular complexity index is 2180. The highest BCUT2D eigenvalue weighted by atomic mass is 15.1. The molecule has 1 aromatic heterocycles. The molecule has 2 nitrogen and oxygen atoms in total. The lowest BCUT2D eigenvalue weighted by atomic mass is 9.67. The smallest absolute Gasteiger partial charge is 0.101 e. The average Bonchev–Trinajstić information content (AvgIpc) is 3.38. The van der Waals surface area contributed by atoms with Crippen molar-refractivity contribution in [1.82, 2.24) is 10.2 Å². The van der Waals surface area contributed by atoms with Gasteiger partial charge in [-0.15, -0.1) is 5.10 Å². The SMILES string of the molecule is Cc1ccc(-c2nnc(CCc3ccc4c(c3)C(c3ccccc3)(c3cccc(C)c3)c3ccccc3-4)c3ccccc23)cc1. The van der Waals surface area contributed by atoms with Crippen LogP contribution >= 0.6 is 0 Å². The van der Waals surface area contributed by atoms with Gasteiger partial charge in [-0.1, -0.05) is 157 Å². The van der Waals surface area contributed by atoms with Crippen molar-refractivity contribution < 1.29 is 0 Å². The Balaban J connectivity index is 1.23. The second kappa shape index (κ2) is 11.0. The van der Waals surface area contributed by atoms with Crippen molar-refractivity contribution in [2.75, 3.05) is 0 Å². The van der Waals surface area contributed by atoms with Crippen LogP contribution in [0.5, 0.6) is 0 Å². The zero-order chi connectivity index (χ0) is 30.4. The molecule has 7 aromatic rings. The summed E-state index contributed by atoms with van der Waals surface area (Å²) in [6.07, 6.45) is 1.70. The van der Waals surface area contributed by atoms with Crippen molar-refractivity contribution in [3.05, 3.63) is 190 Å². The molecule has 0 radical (unpaired) electrons. The highest BCUT2D eigenvalue weighted by molar-refractivity contribution is 5.95. The lowest BCUT2D eigenvalue weighted by Crippen LogP contribution is -2.28. The number of rotatable bonds is 6. The monoisotopic (exact) mass is 578 g/mol. The van der Waals surface area contributed by atoms with Crippen molar-refractivity contribution >= 4 is 10.8 Å². The summed E-state index contributed by atoms with van der Waals surface area (Å²) >= 11 is 0. The number of aryl methyl sites for hydroxylation is 4. The fourth-order valence-electron chi connectivity index (χ4n) is 7.37. The Morgan fingerprint density at radius 1 is 0.489 bits per heavy atom. The first kappa shape index (κ1) is 27.2. The van der Waals surface area contributed by atoms with Crippen LogP contribution in [0.4, 0.5) is 0 Å². The van der Waals surface area contributed by atoms with E-state index in [-0.39, 0.29) is 0 Å².